The molecule has 0 radical (unpaired) electrons. The zero-order valence-electron chi connectivity index (χ0n) is 13.0. The summed E-state index contributed by atoms with van der Waals surface area (Å²) < 4.78 is 27.9. The minimum Gasteiger partial charge on any atom is -0.387 e. The van der Waals surface area contributed by atoms with Crippen LogP contribution >= 0.6 is 0 Å². The molecule has 122 valence electrons. The average Bonchev–Trinajstić information content (AvgIpc) is 2.83. The van der Waals surface area contributed by atoms with Gasteiger partial charge >= 0.3 is 0 Å². The third kappa shape index (κ3) is 2.20. The van der Waals surface area contributed by atoms with E-state index < -0.39 is 16.1 Å². The number of nitrogens with zero attached hydrogens (tertiary/aromatic N) is 1. The first kappa shape index (κ1) is 15.2. The van der Waals surface area contributed by atoms with Crippen molar-refractivity contribution in [1.82, 2.24) is 3.97 Å². The molecule has 1 atom stereocenters. The van der Waals surface area contributed by atoms with Gasteiger partial charge < -0.3 is 5.11 Å². The highest BCUT2D eigenvalue weighted by molar-refractivity contribution is 7.90. The molecule has 0 aliphatic heterocycles. The number of benzene rings is 2. The smallest absolute Gasteiger partial charge is 0.268 e. The highest BCUT2D eigenvalue weighted by Crippen LogP contribution is 2.36. The Labute approximate surface area is 140 Å². The Morgan fingerprint density at radius 2 is 1.67 bits per heavy atom. The first-order chi connectivity index (χ1) is 11.6. The Morgan fingerprint density at radius 1 is 0.958 bits per heavy atom. The van der Waals surface area contributed by atoms with Crippen molar-refractivity contribution >= 4 is 20.9 Å². The number of fused-ring (bicyclic) bond motifs is 3. The molecule has 24 heavy (non-hydrogen) atoms. The summed E-state index contributed by atoms with van der Waals surface area (Å²) in [6, 6.07) is 15.8. The van der Waals surface area contributed by atoms with Gasteiger partial charge in [-0.25, -0.2) is 12.4 Å². The summed E-state index contributed by atoms with van der Waals surface area (Å²) in [5, 5.41) is 11.5. The van der Waals surface area contributed by atoms with Gasteiger partial charge in [0.1, 0.15) is 0 Å². The topological polar surface area (TPSA) is 59.3 Å². The fraction of sp³-hybridized carbons (Fsp3) is 0.158. The van der Waals surface area contributed by atoms with Gasteiger partial charge in [0.2, 0.25) is 0 Å². The summed E-state index contributed by atoms with van der Waals surface area (Å²) in [6.07, 6.45) is 4.07. The Balaban J connectivity index is 2.10. The van der Waals surface area contributed by atoms with Crippen molar-refractivity contribution in [3.8, 4) is 0 Å². The van der Waals surface area contributed by atoms with E-state index in [9.17, 15) is 13.5 Å². The molecule has 1 aromatic heterocycles. The van der Waals surface area contributed by atoms with Crippen LogP contribution < -0.4 is 0 Å². The van der Waals surface area contributed by atoms with Crippen LogP contribution in [-0.4, -0.2) is 17.5 Å². The van der Waals surface area contributed by atoms with Crippen LogP contribution in [0, 0.1) is 0 Å². The molecule has 4 nitrogen and oxygen atoms in total. The van der Waals surface area contributed by atoms with Gasteiger partial charge in [0.05, 0.1) is 22.2 Å². The second-order valence-corrected chi connectivity index (χ2v) is 7.68. The van der Waals surface area contributed by atoms with Gasteiger partial charge in [-0.2, -0.15) is 0 Å². The van der Waals surface area contributed by atoms with E-state index in [-0.39, 0.29) is 4.90 Å². The minimum atomic E-state index is -3.78. The summed E-state index contributed by atoms with van der Waals surface area (Å²) in [4.78, 5) is 0.220. The molecule has 5 heteroatoms. The van der Waals surface area contributed by atoms with E-state index in [4.69, 9.17) is 0 Å². The van der Waals surface area contributed by atoms with Gasteiger partial charge in [-0.3, -0.25) is 0 Å². The standard InChI is InChI=1S/C19H17NO3S/c21-18-13-7-5-11-16-15-10-4-6-12-17(15)20(19(16)18)24(22,23)14-8-2-1-3-9-14/h1-10,12,18,21H,11,13H2. The molecule has 1 unspecified atom stereocenters. The number of aliphatic hydroxyl groups is 1. The number of aromatic nitrogens is 1. The minimum absolute atomic E-state index is 0.220. The molecule has 1 aliphatic carbocycles. The van der Waals surface area contributed by atoms with E-state index >= 15 is 0 Å². The van der Waals surface area contributed by atoms with E-state index in [1.807, 2.05) is 30.4 Å². The lowest BCUT2D eigenvalue weighted by atomic mass is 10.1. The average molecular weight is 339 g/mol. The number of para-hydroxylation sites is 1. The zero-order chi connectivity index (χ0) is 16.7. The van der Waals surface area contributed by atoms with Crippen LogP contribution in [0.3, 0.4) is 0 Å². The maximum atomic E-state index is 13.3. The van der Waals surface area contributed by atoms with Crippen molar-refractivity contribution in [2.24, 2.45) is 0 Å². The van der Waals surface area contributed by atoms with E-state index in [1.54, 1.807) is 36.4 Å². The first-order valence-corrected chi connectivity index (χ1v) is 9.30. The fourth-order valence-electron chi connectivity index (χ4n) is 3.34. The quantitative estimate of drug-likeness (QED) is 0.728. The zero-order valence-corrected chi connectivity index (χ0v) is 13.8. The van der Waals surface area contributed by atoms with Gasteiger partial charge in [0, 0.05) is 5.39 Å². The van der Waals surface area contributed by atoms with Crippen LogP contribution in [0.1, 0.15) is 23.8 Å². The van der Waals surface area contributed by atoms with Crippen LogP contribution in [0.15, 0.2) is 71.6 Å². The monoisotopic (exact) mass is 339 g/mol. The largest absolute Gasteiger partial charge is 0.387 e. The van der Waals surface area contributed by atoms with Crippen molar-refractivity contribution in [3.05, 3.63) is 78.0 Å². The molecule has 0 bridgehead atoms. The molecular weight excluding hydrogens is 322 g/mol. The molecule has 0 spiro atoms. The van der Waals surface area contributed by atoms with Crippen LogP contribution in [0.5, 0.6) is 0 Å². The normalized spacial score (nSPS) is 17.6. The lowest BCUT2D eigenvalue weighted by molar-refractivity contribution is 0.176. The molecule has 3 aromatic rings. The van der Waals surface area contributed by atoms with Crippen molar-refractivity contribution in [3.63, 3.8) is 0 Å². The van der Waals surface area contributed by atoms with E-state index in [2.05, 4.69) is 0 Å². The summed E-state index contributed by atoms with van der Waals surface area (Å²) in [6.45, 7) is 0. The van der Waals surface area contributed by atoms with Gasteiger partial charge in [0.15, 0.2) is 0 Å². The van der Waals surface area contributed by atoms with Crippen molar-refractivity contribution in [2.75, 3.05) is 0 Å². The number of allylic oxidation sites excluding steroid dienone is 1. The molecule has 1 N–H and O–H groups in total. The lowest BCUT2D eigenvalue weighted by Gasteiger charge is -2.15. The van der Waals surface area contributed by atoms with Crippen LogP contribution in [-0.2, 0) is 16.4 Å². The van der Waals surface area contributed by atoms with Gasteiger partial charge in [-0.15, -0.1) is 0 Å². The Bertz CT molecular complexity index is 1030. The second kappa shape index (κ2) is 5.61. The number of hydrogen-bond acceptors (Lipinski definition) is 3. The summed E-state index contributed by atoms with van der Waals surface area (Å²) in [5.41, 5.74) is 1.97. The number of rotatable bonds is 2. The van der Waals surface area contributed by atoms with E-state index in [0.717, 1.165) is 10.9 Å². The summed E-state index contributed by atoms with van der Waals surface area (Å²) in [7, 11) is -3.78. The molecule has 1 aliphatic rings. The highest BCUT2D eigenvalue weighted by atomic mass is 32.2. The molecule has 4 rings (SSSR count). The molecule has 1 heterocycles. The number of aliphatic hydroxyl groups excluding tert-OH is 1. The van der Waals surface area contributed by atoms with Crippen molar-refractivity contribution in [1.29, 1.82) is 0 Å². The Morgan fingerprint density at radius 3 is 2.46 bits per heavy atom. The van der Waals surface area contributed by atoms with Gasteiger partial charge in [-0.1, -0.05) is 48.6 Å². The maximum Gasteiger partial charge on any atom is 0.268 e. The summed E-state index contributed by atoms with van der Waals surface area (Å²) >= 11 is 0. The van der Waals surface area contributed by atoms with Crippen LogP contribution in [0.4, 0.5) is 0 Å². The third-order valence-electron chi connectivity index (χ3n) is 4.42. The van der Waals surface area contributed by atoms with Crippen molar-refractivity contribution < 1.29 is 13.5 Å². The molecule has 0 amide bonds. The second-order valence-electron chi connectivity index (χ2n) is 5.89. The highest BCUT2D eigenvalue weighted by Gasteiger charge is 2.30. The van der Waals surface area contributed by atoms with Gasteiger partial charge in [-0.05, 0) is 36.6 Å². The predicted molar refractivity (Wildman–Crippen MR) is 93.4 cm³/mol. The predicted octanol–water partition coefficient (Wildman–Crippen LogP) is 3.41. The van der Waals surface area contributed by atoms with E-state index in [1.165, 1.54) is 3.97 Å². The maximum absolute atomic E-state index is 13.3. The fourth-order valence-corrected chi connectivity index (χ4v) is 4.96. The van der Waals surface area contributed by atoms with E-state index in [0.29, 0.717) is 24.1 Å². The Kier molecular flexibility index (Phi) is 3.55. The molecule has 2 aromatic carbocycles. The van der Waals surface area contributed by atoms with Crippen LogP contribution in [0.25, 0.3) is 10.9 Å². The van der Waals surface area contributed by atoms with Crippen LogP contribution in [0.2, 0.25) is 0 Å². The number of hydrogen-bond donors (Lipinski definition) is 1. The molecule has 0 fully saturated rings. The third-order valence-corrected chi connectivity index (χ3v) is 6.16. The SMILES string of the molecule is O=S(=O)(c1ccccc1)n1c2c(c3ccccc31)CC=CCC2O. The molecular formula is C19H17NO3S. The summed E-state index contributed by atoms with van der Waals surface area (Å²) in [5.74, 6) is 0. The molecule has 0 saturated heterocycles. The molecule has 0 saturated carbocycles. The first-order valence-electron chi connectivity index (χ1n) is 7.86. The van der Waals surface area contributed by atoms with Gasteiger partial charge in [0.25, 0.3) is 10.0 Å². The Hall–Kier alpha value is -2.37. The lowest BCUT2D eigenvalue weighted by Crippen LogP contribution is -2.18. The van der Waals surface area contributed by atoms with Crippen molar-refractivity contribution in [2.45, 2.75) is 23.8 Å².